The van der Waals surface area contributed by atoms with E-state index in [1.807, 2.05) is 54.6 Å². The summed E-state index contributed by atoms with van der Waals surface area (Å²) in [5.41, 5.74) is 3.44. The van der Waals surface area contributed by atoms with E-state index in [2.05, 4.69) is 15.3 Å². The van der Waals surface area contributed by atoms with Crippen LogP contribution in [0, 0.1) is 0 Å². The number of rotatable bonds is 6. The van der Waals surface area contributed by atoms with Gasteiger partial charge in [-0.05, 0) is 29.8 Å². The minimum absolute atomic E-state index is 0.0571. The summed E-state index contributed by atoms with van der Waals surface area (Å²) < 4.78 is 5.27. The highest BCUT2D eigenvalue weighted by Gasteiger charge is 2.08. The average Bonchev–Trinajstić information content (AvgIpc) is 2.68. The quantitative estimate of drug-likeness (QED) is 0.753. The molecular weight excluding hydrogens is 314 g/mol. The van der Waals surface area contributed by atoms with Gasteiger partial charge in [-0.2, -0.15) is 0 Å². The number of amides is 1. The van der Waals surface area contributed by atoms with Crippen molar-refractivity contribution in [1.29, 1.82) is 0 Å². The largest absolute Gasteiger partial charge is 0.496 e. The van der Waals surface area contributed by atoms with E-state index in [-0.39, 0.29) is 12.3 Å². The van der Waals surface area contributed by atoms with E-state index in [0.29, 0.717) is 6.54 Å². The molecule has 0 unspecified atom stereocenters. The number of nitrogens with one attached hydrogen (secondary N) is 1. The van der Waals surface area contributed by atoms with Crippen LogP contribution in [0.1, 0.15) is 11.1 Å². The van der Waals surface area contributed by atoms with Gasteiger partial charge in [0.2, 0.25) is 5.91 Å². The van der Waals surface area contributed by atoms with E-state index in [4.69, 9.17) is 4.74 Å². The topological polar surface area (TPSA) is 64.1 Å². The molecule has 3 rings (SSSR count). The van der Waals surface area contributed by atoms with Gasteiger partial charge in [0.25, 0.3) is 0 Å². The smallest absolute Gasteiger partial charge is 0.224 e. The zero-order chi connectivity index (χ0) is 17.5. The fourth-order valence-electron chi connectivity index (χ4n) is 2.48. The molecule has 3 aromatic rings. The molecule has 2 heterocycles. The predicted octanol–water partition coefficient (Wildman–Crippen LogP) is 3.01. The fourth-order valence-corrected chi connectivity index (χ4v) is 2.48. The van der Waals surface area contributed by atoms with Crippen LogP contribution in [0.4, 0.5) is 0 Å². The lowest BCUT2D eigenvalue weighted by Crippen LogP contribution is -2.24. The Morgan fingerprint density at radius 2 is 1.80 bits per heavy atom. The van der Waals surface area contributed by atoms with Gasteiger partial charge < -0.3 is 10.1 Å². The van der Waals surface area contributed by atoms with Gasteiger partial charge in [0, 0.05) is 24.5 Å². The molecule has 0 bridgehead atoms. The molecule has 1 amide bonds. The number of hydrogen-bond donors (Lipinski definition) is 1. The molecule has 0 fully saturated rings. The zero-order valence-corrected chi connectivity index (χ0v) is 14.0. The Morgan fingerprint density at radius 3 is 2.52 bits per heavy atom. The minimum atomic E-state index is -0.0571. The molecule has 25 heavy (non-hydrogen) atoms. The number of para-hydroxylation sites is 1. The molecule has 0 radical (unpaired) electrons. The molecule has 0 spiro atoms. The SMILES string of the molecule is COc1ccccc1CC(=O)NCc1ccc(-c2ccccn2)nc1. The third-order valence-corrected chi connectivity index (χ3v) is 3.79. The van der Waals surface area contributed by atoms with Crippen molar-refractivity contribution in [3.05, 3.63) is 78.1 Å². The Hall–Kier alpha value is -3.21. The van der Waals surface area contributed by atoms with Crippen molar-refractivity contribution in [2.75, 3.05) is 7.11 Å². The van der Waals surface area contributed by atoms with Gasteiger partial charge in [0.05, 0.1) is 24.9 Å². The van der Waals surface area contributed by atoms with E-state index < -0.39 is 0 Å². The van der Waals surface area contributed by atoms with Crippen molar-refractivity contribution in [2.45, 2.75) is 13.0 Å². The third kappa shape index (κ3) is 4.41. The van der Waals surface area contributed by atoms with Crippen molar-refractivity contribution < 1.29 is 9.53 Å². The summed E-state index contributed by atoms with van der Waals surface area (Å²) in [5, 5.41) is 2.91. The lowest BCUT2D eigenvalue weighted by Gasteiger charge is -2.09. The highest BCUT2D eigenvalue weighted by molar-refractivity contribution is 5.79. The Labute approximate surface area is 146 Å². The average molecular weight is 333 g/mol. The zero-order valence-electron chi connectivity index (χ0n) is 14.0. The second-order valence-corrected chi connectivity index (χ2v) is 5.53. The molecular formula is C20H19N3O2. The molecule has 1 aromatic carbocycles. The minimum Gasteiger partial charge on any atom is -0.496 e. The van der Waals surface area contributed by atoms with E-state index in [1.54, 1.807) is 19.5 Å². The summed E-state index contributed by atoms with van der Waals surface area (Å²) >= 11 is 0. The van der Waals surface area contributed by atoms with Crippen LogP contribution in [0.2, 0.25) is 0 Å². The van der Waals surface area contributed by atoms with Gasteiger partial charge in [-0.15, -0.1) is 0 Å². The van der Waals surface area contributed by atoms with Crippen LogP contribution in [0.15, 0.2) is 67.0 Å². The van der Waals surface area contributed by atoms with E-state index in [9.17, 15) is 4.79 Å². The molecule has 5 heteroatoms. The van der Waals surface area contributed by atoms with Crippen LogP contribution in [0.3, 0.4) is 0 Å². The van der Waals surface area contributed by atoms with E-state index in [1.165, 1.54) is 0 Å². The lowest BCUT2D eigenvalue weighted by atomic mass is 10.1. The van der Waals surface area contributed by atoms with Crippen LogP contribution in [0.5, 0.6) is 5.75 Å². The molecule has 2 aromatic heterocycles. The first-order chi connectivity index (χ1) is 12.3. The fraction of sp³-hybridized carbons (Fsp3) is 0.150. The second kappa shape index (κ2) is 8.06. The normalized spacial score (nSPS) is 10.3. The summed E-state index contributed by atoms with van der Waals surface area (Å²) in [6.45, 7) is 0.434. The first-order valence-corrected chi connectivity index (χ1v) is 8.01. The Balaban J connectivity index is 1.57. The van der Waals surface area contributed by atoms with Gasteiger partial charge in [-0.25, -0.2) is 0 Å². The Morgan fingerprint density at radius 1 is 1.00 bits per heavy atom. The number of pyridine rings is 2. The van der Waals surface area contributed by atoms with Crippen molar-refractivity contribution in [3.8, 4) is 17.1 Å². The number of ether oxygens (including phenoxy) is 1. The molecule has 5 nitrogen and oxygen atoms in total. The molecule has 0 aliphatic heterocycles. The molecule has 126 valence electrons. The molecule has 0 aliphatic carbocycles. The number of carbonyl (C=O) groups is 1. The van der Waals surface area contributed by atoms with Crippen molar-refractivity contribution in [2.24, 2.45) is 0 Å². The van der Waals surface area contributed by atoms with E-state index in [0.717, 1.165) is 28.3 Å². The molecule has 0 saturated carbocycles. The van der Waals surface area contributed by atoms with Gasteiger partial charge >= 0.3 is 0 Å². The maximum absolute atomic E-state index is 12.1. The molecule has 0 atom stereocenters. The lowest BCUT2D eigenvalue weighted by molar-refractivity contribution is -0.120. The van der Waals surface area contributed by atoms with Crippen LogP contribution in [0.25, 0.3) is 11.4 Å². The predicted molar refractivity (Wildman–Crippen MR) is 96.0 cm³/mol. The summed E-state index contributed by atoms with van der Waals surface area (Å²) in [7, 11) is 1.60. The van der Waals surface area contributed by atoms with Crippen LogP contribution in [-0.2, 0) is 17.8 Å². The number of methoxy groups -OCH3 is 1. The number of aromatic nitrogens is 2. The Kier molecular flexibility index (Phi) is 5.36. The summed E-state index contributed by atoms with van der Waals surface area (Å²) in [6, 6.07) is 17.1. The number of benzene rings is 1. The summed E-state index contributed by atoms with van der Waals surface area (Å²) in [4.78, 5) is 20.8. The van der Waals surface area contributed by atoms with Gasteiger partial charge in [0.15, 0.2) is 0 Å². The molecule has 0 saturated heterocycles. The Bertz CT molecular complexity index is 833. The standard InChI is InChI=1S/C20H19N3O2/c1-25-19-8-3-2-6-16(19)12-20(24)23-14-15-9-10-18(22-13-15)17-7-4-5-11-21-17/h2-11,13H,12,14H2,1H3,(H,23,24). The maximum Gasteiger partial charge on any atom is 0.224 e. The highest BCUT2D eigenvalue weighted by Crippen LogP contribution is 2.18. The van der Waals surface area contributed by atoms with Crippen molar-refractivity contribution in [3.63, 3.8) is 0 Å². The van der Waals surface area contributed by atoms with E-state index >= 15 is 0 Å². The van der Waals surface area contributed by atoms with Crippen LogP contribution < -0.4 is 10.1 Å². The number of hydrogen-bond acceptors (Lipinski definition) is 4. The molecule has 1 N–H and O–H groups in total. The van der Waals surface area contributed by atoms with Crippen LogP contribution in [-0.4, -0.2) is 23.0 Å². The van der Waals surface area contributed by atoms with Crippen LogP contribution >= 0.6 is 0 Å². The highest BCUT2D eigenvalue weighted by atomic mass is 16.5. The van der Waals surface area contributed by atoms with Gasteiger partial charge in [0.1, 0.15) is 5.75 Å². The van der Waals surface area contributed by atoms with Gasteiger partial charge in [-0.3, -0.25) is 14.8 Å². The number of carbonyl (C=O) groups excluding carboxylic acids is 1. The number of nitrogens with zero attached hydrogens (tertiary/aromatic N) is 2. The van der Waals surface area contributed by atoms with Crippen molar-refractivity contribution in [1.82, 2.24) is 15.3 Å². The van der Waals surface area contributed by atoms with Gasteiger partial charge in [-0.1, -0.05) is 30.3 Å². The first-order valence-electron chi connectivity index (χ1n) is 8.01. The summed E-state index contributed by atoms with van der Waals surface area (Å²) in [6.07, 6.45) is 3.78. The maximum atomic E-state index is 12.1. The van der Waals surface area contributed by atoms with Crippen molar-refractivity contribution >= 4 is 5.91 Å². The molecule has 0 aliphatic rings. The third-order valence-electron chi connectivity index (χ3n) is 3.79. The monoisotopic (exact) mass is 333 g/mol. The second-order valence-electron chi connectivity index (χ2n) is 5.53. The summed E-state index contributed by atoms with van der Waals surface area (Å²) in [5.74, 6) is 0.664. The first kappa shape index (κ1) is 16.6.